The molecule has 3 unspecified atom stereocenters. The van der Waals surface area contributed by atoms with Crippen LogP contribution in [0.15, 0.2) is 0 Å². The van der Waals surface area contributed by atoms with Crippen LogP contribution in [0.2, 0.25) is 0 Å². The zero-order valence-electron chi connectivity index (χ0n) is 8.31. The number of fused-ring (bicyclic) bond motifs is 1. The summed E-state index contributed by atoms with van der Waals surface area (Å²) in [6.45, 7) is 4.46. The van der Waals surface area contributed by atoms with Crippen molar-refractivity contribution in [3.05, 3.63) is 0 Å². The summed E-state index contributed by atoms with van der Waals surface area (Å²) in [6, 6.07) is 0.102. The van der Waals surface area contributed by atoms with Gasteiger partial charge in [0.05, 0.1) is 0 Å². The van der Waals surface area contributed by atoms with Crippen molar-refractivity contribution in [2.45, 2.75) is 19.4 Å². The van der Waals surface area contributed by atoms with Gasteiger partial charge < -0.3 is 5.32 Å². The Balaban J connectivity index is 2.22. The Bertz CT molecular complexity index is 317. The highest BCUT2D eigenvalue weighted by Crippen LogP contribution is 2.34. The van der Waals surface area contributed by atoms with Gasteiger partial charge in [-0.3, -0.25) is 0 Å². The predicted octanol–water partition coefficient (Wildman–Crippen LogP) is -0.880. The Morgan fingerprint density at radius 3 is 2.79 bits per heavy atom. The zero-order valence-corrected chi connectivity index (χ0v) is 9.13. The van der Waals surface area contributed by atoms with Crippen LogP contribution >= 0.6 is 0 Å². The molecule has 0 aromatic heterocycles. The first-order valence-corrected chi connectivity index (χ1v) is 6.54. The van der Waals surface area contributed by atoms with Crippen LogP contribution in [0, 0.1) is 11.8 Å². The van der Waals surface area contributed by atoms with Gasteiger partial charge in [-0.25, -0.2) is 5.14 Å². The molecule has 2 rings (SSSR count). The van der Waals surface area contributed by atoms with E-state index in [0.717, 1.165) is 19.5 Å². The summed E-state index contributed by atoms with van der Waals surface area (Å²) in [5.74, 6) is 0.914. The lowest BCUT2D eigenvalue weighted by Gasteiger charge is -2.23. The zero-order chi connectivity index (χ0) is 10.3. The Hall–Kier alpha value is -0.170. The highest BCUT2D eigenvalue weighted by molar-refractivity contribution is 7.86. The minimum Gasteiger partial charge on any atom is -0.316 e. The molecule has 82 valence electrons. The molecule has 14 heavy (non-hydrogen) atoms. The van der Waals surface area contributed by atoms with Gasteiger partial charge in [0.25, 0.3) is 10.2 Å². The molecule has 2 fully saturated rings. The Kier molecular flexibility index (Phi) is 2.55. The number of hydrogen-bond donors (Lipinski definition) is 2. The van der Waals surface area contributed by atoms with Gasteiger partial charge in [-0.05, 0) is 31.3 Å². The average molecular weight is 219 g/mol. The van der Waals surface area contributed by atoms with Crippen molar-refractivity contribution >= 4 is 10.2 Å². The first kappa shape index (κ1) is 10.4. The summed E-state index contributed by atoms with van der Waals surface area (Å²) in [4.78, 5) is 0. The lowest BCUT2D eigenvalue weighted by atomic mass is 9.93. The summed E-state index contributed by atoms with van der Waals surface area (Å²) in [5.41, 5.74) is 0. The second-order valence-electron chi connectivity index (χ2n) is 4.17. The molecule has 0 aliphatic carbocycles. The highest BCUT2D eigenvalue weighted by Gasteiger charge is 2.46. The van der Waals surface area contributed by atoms with Crippen LogP contribution in [-0.2, 0) is 10.2 Å². The van der Waals surface area contributed by atoms with E-state index in [1.54, 1.807) is 0 Å². The summed E-state index contributed by atoms with van der Waals surface area (Å²) < 4.78 is 24.1. The molecule has 2 saturated heterocycles. The minimum atomic E-state index is -3.50. The van der Waals surface area contributed by atoms with Crippen LogP contribution in [0.1, 0.15) is 13.3 Å². The van der Waals surface area contributed by atoms with Crippen LogP contribution in [-0.4, -0.2) is 38.4 Å². The van der Waals surface area contributed by atoms with Crippen LogP contribution in [0.3, 0.4) is 0 Å². The first-order valence-electron chi connectivity index (χ1n) is 5.04. The normalized spacial score (nSPS) is 38.9. The van der Waals surface area contributed by atoms with Crippen LogP contribution in [0.5, 0.6) is 0 Å². The number of nitrogens with two attached hydrogens (primary N) is 1. The Morgan fingerprint density at radius 1 is 1.50 bits per heavy atom. The molecule has 0 aromatic rings. The molecule has 0 radical (unpaired) electrons. The van der Waals surface area contributed by atoms with E-state index in [2.05, 4.69) is 5.32 Å². The second kappa shape index (κ2) is 3.44. The summed E-state index contributed by atoms with van der Waals surface area (Å²) in [6.07, 6.45) is 0.847. The molecule has 2 aliphatic heterocycles. The van der Waals surface area contributed by atoms with E-state index in [0.29, 0.717) is 18.4 Å². The highest BCUT2D eigenvalue weighted by atomic mass is 32.2. The Morgan fingerprint density at radius 2 is 2.21 bits per heavy atom. The van der Waals surface area contributed by atoms with Gasteiger partial charge in [-0.15, -0.1) is 0 Å². The number of rotatable bonds is 2. The van der Waals surface area contributed by atoms with Gasteiger partial charge in [0.2, 0.25) is 0 Å². The first-order chi connectivity index (χ1) is 6.54. The Labute approximate surface area is 84.8 Å². The van der Waals surface area contributed by atoms with E-state index in [-0.39, 0.29) is 6.04 Å². The third-order valence-electron chi connectivity index (χ3n) is 3.42. The standard InChI is InChI=1S/C8H17N3O2S/c1-2-8-7-4-10-3-6(7)5-11(8)14(9,12)13/h6-8,10H,2-5H2,1H3,(H2,9,12,13). The number of nitrogens with zero attached hydrogens (tertiary/aromatic N) is 1. The third-order valence-corrected chi connectivity index (χ3v) is 4.49. The van der Waals surface area contributed by atoms with Crippen molar-refractivity contribution in [2.75, 3.05) is 19.6 Å². The van der Waals surface area contributed by atoms with Crippen molar-refractivity contribution in [3.63, 3.8) is 0 Å². The summed E-state index contributed by atoms with van der Waals surface area (Å²) in [5, 5.41) is 8.49. The molecule has 0 bridgehead atoms. The fraction of sp³-hybridized carbons (Fsp3) is 1.00. The van der Waals surface area contributed by atoms with Crippen molar-refractivity contribution in [1.29, 1.82) is 0 Å². The molecular weight excluding hydrogens is 202 g/mol. The minimum absolute atomic E-state index is 0.102. The van der Waals surface area contributed by atoms with E-state index in [4.69, 9.17) is 5.14 Å². The topological polar surface area (TPSA) is 75.4 Å². The van der Waals surface area contributed by atoms with Gasteiger partial charge >= 0.3 is 0 Å². The lowest BCUT2D eigenvalue weighted by molar-refractivity contribution is 0.329. The summed E-state index contributed by atoms with van der Waals surface area (Å²) in [7, 11) is -3.50. The molecule has 0 amide bonds. The van der Waals surface area contributed by atoms with Crippen molar-refractivity contribution in [1.82, 2.24) is 9.62 Å². The summed E-state index contributed by atoms with van der Waals surface area (Å²) >= 11 is 0. The van der Waals surface area contributed by atoms with Crippen molar-refractivity contribution in [3.8, 4) is 0 Å². The predicted molar refractivity (Wildman–Crippen MR) is 53.7 cm³/mol. The maximum absolute atomic E-state index is 11.3. The van der Waals surface area contributed by atoms with E-state index in [1.165, 1.54) is 4.31 Å². The molecule has 6 heteroatoms. The van der Waals surface area contributed by atoms with Crippen LogP contribution in [0.25, 0.3) is 0 Å². The third kappa shape index (κ3) is 1.56. The van der Waals surface area contributed by atoms with Crippen LogP contribution < -0.4 is 10.5 Å². The quantitative estimate of drug-likeness (QED) is 0.633. The fourth-order valence-corrected chi connectivity index (χ4v) is 3.86. The molecule has 2 aliphatic rings. The largest absolute Gasteiger partial charge is 0.316 e. The molecule has 0 saturated carbocycles. The maximum atomic E-state index is 11.3. The van der Waals surface area contributed by atoms with Gasteiger partial charge in [-0.1, -0.05) is 6.92 Å². The number of nitrogens with one attached hydrogen (secondary N) is 1. The molecule has 0 aromatic carbocycles. The van der Waals surface area contributed by atoms with Gasteiger partial charge in [0.1, 0.15) is 0 Å². The smallest absolute Gasteiger partial charge is 0.277 e. The molecule has 2 heterocycles. The van der Waals surface area contributed by atoms with Gasteiger partial charge in [0.15, 0.2) is 0 Å². The van der Waals surface area contributed by atoms with Gasteiger partial charge in [0, 0.05) is 12.6 Å². The molecule has 3 atom stereocenters. The molecule has 3 N–H and O–H groups in total. The van der Waals surface area contributed by atoms with E-state index in [9.17, 15) is 8.42 Å². The molecule has 0 spiro atoms. The van der Waals surface area contributed by atoms with Crippen molar-refractivity contribution in [2.24, 2.45) is 17.0 Å². The maximum Gasteiger partial charge on any atom is 0.277 e. The van der Waals surface area contributed by atoms with E-state index < -0.39 is 10.2 Å². The van der Waals surface area contributed by atoms with Gasteiger partial charge in [-0.2, -0.15) is 12.7 Å². The van der Waals surface area contributed by atoms with Crippen LogP contribution in [0.4, 0.5) is 0 Å². The monoisotopic (exact) mass is 219 g/mol. The number of hydrogen-bond acceptors (Lipinski definition) is 3. The average Bonchev–Trinajstić information content (AvgIpc) is 2.58. The van der Waals surface area contributed by atoms with E-state index in [1.807, 2.05) is 6.92 Å². The second-order valence-corrected chi connectivity index (χ2v) is 5.67. The lowest BCUT2D eigenvalue weighted by Crippen LogP contribution is -2.43. The van der Waals surface area contributed by atoms with E-state index >= 15 is 0 Å². The molecule has 5 nitrogen and oxygen atoms in total. The fourth-order valence-electron chi connectivity index (χ4n) is 2.78. The van der Waals surface area contributed by atoms with Crippen molar-refractivity contribution < 1.29 is 8.42 Å². The SMILES string of the molecule is CCC1C2CNCC2CN1S(N)(=O)=O. The molecular formula is C8H17N3O2S.